The Hall–Kier alpha value is -3.06. The number of hydrogen-bond acceptors (Lipinski definition) is 5. The molecule has 0 radical (unpaired) electrons. The molecule has 2 aromatic rings. The van der Waals surface area contributed by atoms with Gasteiger partial charge < -0.3 is 24.6 Å². The summed E-state index contributed by atoms with van der Waals surface area (Å²) in [6.45, 7) is 3.40. The second-order valence-electron chi connectivity index (χ2n) is 8.78. The zero-order valence-electron chi connectivity index (χ0n) is 19.5. The lowest BCUT2D eigenvalue weighted by atomic mass is 9.92. The van der Waals surface area contributed by atoms with Gasteiger partial charge in [0.2, 0.25) is 5.91 Å². The Morgan fingerprint density at radius 3 is 1.88 bits per heavy atom. The van der Waals surface area contributed by atoms with Crippen LogP contribution >= 0.6 is 0 Å². The Morgan fingerprint density at radius 1 is 0.788 bits per heavy atom. The van der Waals surface area contributed by atoms with Gasteiger partial charge in [0.15, 0.2) is 0 Å². The molecular formula is C26H33N3O4. The Balaban J connectivity index is 1.22. The van der Waals surface area contributed by atoms with Crippen LogP contribution in [0.5, 0.6) is 11.5 Å². The molecule has 2 heterocycles. The zero-order valence-corrected chi connectivity index (χ0v) is 19.5. The van der Waals surface area contributed by atoms with Gasteiger partial charge in [0.25, 0.3) is 5.91 Å². The first-order valence-corrected chi connectivity index (χ1v) is 11.7. The molecule has 1 N–H and O–H groups in total. The molecule has 2 aliphatic rings. The SMILES string of the molecule is COc1ccc(NC(=O)C2CCN(C3CCN(C(=O)c4ccc(OC)cc4)CC3)CC2)cc1. The van der Waals surface area contributed by atoms with Crippen LogP contribution in [0, 0.1) is 5.92 Å². The molecule has 2 amide bonds. The second-order valence-corrected chi connectivity index (χ2v) is 8.78. The fraction of sp³-hybridized carbons (Fsp3) is 0.462. The van der Waals surface area contributed by atoms with E-state index in [4.69, 9.17) is 9.47 Å². The van der Waals surface area contributed by atoms with Crippen molar-refractivity contribution in [1.29, 1.82) is 0 Å². The van der Waals surface area contributed by atoms with Crippen molar-refractivity contribution < 1.29 is 19.1 Å². The van der Waals surface area contributed by atoms with Gasteiger partial charge in [-0.15, -0.1) is 0 Å². The third-order valence-corrected chi connectivity index (χ3v) is 6.86. The molecular weight excluding hydrogens is 418 g/mol. The average molecular weight is 452 g/mol. The predicted octanol–water partition coefficient (Wildman–Crippen LogP) is 3.66. The van der Waals surface area contributed by atoms with E-state index in [2.05, 4.69) is 10.2 Å². The largest absolute Gasteiger partial charge is 0.497 e. The zero-order chi connectivity index (χ0) is 23.2. The molecule has 7 heteroatoms. The fourth-order valence-corrected chi connectivity index (χ4v) is 4.80. The predicted molar refractivity (Wildman–Crippen MR) is 128 cm³/mol. The second kappa shape index (κ2) is 10.7. The van der Waals surface area contributed by atoms with E-state index >= 15 is 0 Å². The van der Waals surface area contributed by atoms with E-state index in [0.29, 0.717) is 11.6 Å². The van der Waals surface area contributed by atoms with Gasteiger partial charge in [0, 0.05) is 36.3 Å². The lowest BCUT2D eigenvalue weighted by Crippen LogP contribution is -2.49. The van der Waals surface area contributed by atoms with Gasteiger partial charge in [0.1, 0.15) is 11.5 Å². The van der Waals surface area contributed by atoms with Crippen molar-refractivity contribution in [2.45, 2.75) is 31.7 Å². The third-order valence-electron chi connectivity index (χ3n) is 6.86. The molecule has 0 unspecified atom stereocenters. The minimum Gasteiger partial charge on any atom is -0.497 e. The van der Waals surface area contributed by atoms with Crippen LogP contribution in [0.25, 0.3) is 0 Å². The Morgan fingerprint density at radius 2 is 1.33 bits per heavy atom. The normalized spacial score (nSPS) is 18.1. The van der Waals surface area contributed by atoms with Crippen molar-refractivity contribution in [2.75, 3.05) is 45.7 Å². The van der Waals surface area contributed by atoms with Crippen LogP contribution in [0.15, 0.2) is 48.5 Å². The van der Waals surface area contributed by atoms with Crippen LogP contribution in [0.2, 0.25) is 0 Å². The van der Waals surface area contributed by atoms with Crippen LogP contribution in [-0.4, -0.2) is 68.1 Å². The standard InChI is InChI=1S/C26H33N3O4/c1-32-23-7-3-20(4-8-23)26(31)29-17-13-22(14-18-29)28-15-11-19(12-16-28)25(30)27-21-5-9-24(33-2)10-6-21/h3-10,19,22H,11-18H2,1-2H3,(H,27,30). The number of rotatable bonds is 6. The van der Waals surface area contributed by atoms with Crippen molar-refractivity contribution >= 4 is 17.5 Å². The number of nitrogens with one attached hydrogen (secondary N) is 1. The maximum absolute atomic E-state index is 12.8. The van der Waals surface area contributed by atoms with Gasteiger partial charge in [-0.05, 0) is 87.3 Å². The summed E-state index contributed by atoms with van der Waals surface area (Å²) in [4.78, 5) is 29.9. The van der Waals surface area contributed by atoms with E-state index in [1.54, 1.807) is 14.2 Å². The number of methoxy groups -OCH3 is 2. The van der Waals surface area contributed by atoms with E-state index in [9.17, 15) is 9.59 Å². The summed E-state index contributed by atoms with van der Waals surface area (Å²) in [7, 11) is 3.25. The Kier molecular flexibility index (Phi) is 7.50. The van der Waals surface area contributed by atoms with Crippen molar-refractivity contribution in [3.8, 4) is 11.5 Å². The first kappa shape index (κ1) is 23.1. The first-order chi connectivity index (χ1) is 16.1. The molecule has 0 atom stereocenters. The molecule has 33 heavy (non-hydrogen) atoms. The summed E-state index contributed by atoms with van der Waals surface area (Å²) in [5, 5.41) is 3.03. The molecule has 176 valence electrons. The van der Waals surface area contributed by atoms with Gasteiger partial charge >= 0.3 is 0 Å². The van der Waals surface area contributed by atoms with Crippen molar-refractivity contribution in [1.82, 2.24) is 9.80 Å². The van der Waals surface area contributed by atoms with Crippen molar-refractivity contribution in [3.63, 3.8) is 0 Å². The summed E-state index contributed by atoms with van der Waals surface area (Å²) in [5.41, 5.74) is 1.51. The number of anilines is 1. The summed E-state index contributed by atoms with van der Waals surface area (Å²) in [6.07, 6.45) is 3.69. The van der Waals surface area contributed by atoms with E-state index < -0.39 is 0 Å². The van der Waals surface area contributed by atoms with Crippen molar-refractivity contribution in [2.24, 2.45) is 5.92 Å². The van der Waals surface area contributed by atoms with E-state index in [-0.39, 0.29) is 17.7 Å². The van der Waals surface area contributed by atoms with E-state index in [0.717, 1.165) is 69.0 Å². The number of nitrogens with zero attached hydrogens (tertiary/aromatic N) is 2. The van der Waals surface area contributed by atoms with Crippen LogP contribution in [-0.2, 0) is 4.79 Å². The number of benzene rings is 2. The van der Waals surface area contributed by atoms with Crippen LogP contribution < -0.4 is 14.8 Å². The van der Waals surface area contributed by atoms with Gasteiger partial charge in [0.05, 0.1) is 14.2 Å². The van der Waals surface area contributed by atoms with Gasteiger partial charge in [-0.3, -0.25) is 9.59 Å². The summed E-state index contributed by atoms with van der Waals surface area (Å²) in [6, 6.07) is 15.2. The molecule has 2 saturated heterocycles. The first-order valence-electron chi connectivity index (χ1n) is 11.7. The Labute approximate surface area is 195 Å². The van der Waals surface area contributed by atoms with Crippen LogP contribution in [0.4, 0.5) is 5.69 Å². The number of carbonyl (C=O) groups is 2. The fourth-order valence-electron chi connectivity index (χ4n) is 4.80. The highest BCUT2D eigenvalue weighted by molar-refractivity contribution is 5.94. The van der Waals surface area contributed by atoms with E-state index in [1.165, 1.54) is 0 Å². The van der Waals surface area contributed by atoms with E-state index in [1.807, 2.05) is 53.4 Å². The lowest BCUT2D eigenvalue weighted by Gasteiger charge is -2.41. The molecule has 0 aliphatic carbocycles. The smallest absolute Gasteiger partial charge is 0.253 e. The number of amides is 2. The summed E-state index contributed by atoms with van der Waals surface area (Å²) in [5.74, 6) is 1.76. The van der Waals surface area contributed by atoms with Crippen LogP contribution in [0.1, 0.15) is 36.0 Å². The summed E-state index contributed by atoms with van der Waals surface area (Å²) < 4.78 is 10.3. The topological polar surface area (TPSA) is 71.1 Å². The number of piperidine rings is 2. The van der Waals surface area contributed by atoms with Gasteiger partial charge in [-0.2, -0.15) is 0 Å². The Bertz CT molecular complexity index is 929. The number of ether oxygens (including phenoxy) is 2. The molecule has 0 aromatic heterocycles. The number of carbonyl (C=O) groups excluding carboxylic acids is 2. The van der Waals surface area contributed by atoms with Crippen molar-refractivity contribution in [3.05, 3.63) is 54.1 Å². The maximum Gasteiger partial charge on any atom is 0.253 e. The highest BCUT2D eigenvalue weighted by Crippen LogP contribution is 2.26. The minimum atomic E-state index is 0.0418. The van der Waals surface area contributed by atoms with Crippen LogP contribution in [0.3, 0.4) is 0 Å². The molecule has 2 fully saturated rings. The molecule has 4 rings (SSSR count). The molecule has 0 bridgehead atoms. The molecule has 0 spiro atoms. The minimum absolute atomic E-state index is 0.0418. The van der Waals surface area contributed by atoms with Gasteiger partial charge in [-0.1, -0.05) is 0 Å². The average Bonchev–Trinajstić information content (AvgIpc) is 2.89. The number of hydrogen-bond donors (Lipinski definition) is 1. The molecule has 2 aliphatic heterocycles. The maximum atomic E-state index is 12.8. The number of likely N-dealkylation sites (tertiary alicyclic amines) is 2. The third kappa shape index (κ3) is 5.66. The molecule has 0 saturated carbocycles. The highest BCUT2D eigenvalue weighted by Gasteiger charge is 2.32. The lowest BCUT2D eigenvalue weighted by molar-refractivity contribution is -0.121. The molecule has 2 aromatic carbocycles. The molecule has 7 nitrogen and oxygen atoms in total. The highest BCUT2D eigenvalue weighted by atomic mass is 16.5. The monoisotopic (exact) mass is 451 g/mol. The van der Waals surface area contributed by atoms with Gasteiger partial charge in [-0.25, -0.2) is 0 Å². The quantitative estimate of drug-likeness (QED) is 0.726. The summed E-state index contributed by atoms with van der Waals surface area (Å²) >= 11 is 0.